The summed E-state index contributed by atoms with van der Waals surface area (Å²) < 4.78 is 1.04. The van der Waals surface area contributed by atoms with Crippen LogP contribution in [0.1, 0.15) is 62.0 Å². The molecule has 19 heavy (non-hydrogen) atoms. The standard InChI is InChI=1S/C17H25BrO/c1-11(10-17(4,5)6)7-15(19)16-12(2)8-14(18)9-13(16)3/h8-9,11H,7,10H2,1-6H3. The number of hydrogen-bond donors (Lipinski definition) is 0. The maximum Gasteiger partial charge on any atom is 0.163 e. The third-order valence-corrected chi connectivity index (χ3v) is 3.73. The van der Waals surface area contributed by atoms with Crippen molar-refractivity contribution in [3.8, 4) is 0 Å². The molecule has 0 heterocycles. The summed E-state index contributed by atoms with van der Waals surface area (Å²) in [7, 11) is 0. The Morgan fingerprint density at radius 3 is 2.11 bits per heavy atom. The van der Waals surface area contributed by atoms with Gasteiger partial charge < -0.3 is 0 Å². The van der Waals surface area contributed by atoms with Crippen molar-refractivity contribution in [2.75, 3.05) is 0 Å². The molecule has 1 aromatic rings. The van der Waals surface area contributed by atoms with Gasteiger partial charge in [-0.2, -0.15) is 0 Å². The minimum atomic E-state index is 0.277. The first-order valence-corrected chi connectivity index (χ1v) is 7.69. The monoisotopic (exact) mass is 324 g/mol. The maximum absolute atomic E-state index is 12.5. The number of carbonyl (C=O) groups is 1. The molecular formula is C17H25BrO. The van der Waals surface area contributed by atoms with Gasteiger partial charge in [-0.15, -0.1) is 0 Å². The van der Waals surface area contributed by atoms with E-state index in [0.717, 1.165) is 27.6 Å². The van der Waals surface area contributed by atoms with Gasteiger partial charge in [-0.1, -0.05) is 43.6 Å². The average molecular weight is 325 g/mol. The van der Waals surface area contributed by atoms with Crippen LogP contribution >= 0.6 is 15.9 Å². The van der Waals surface area contributed by atoms with Gasteiger partial charge in [0.15, 0.2) is 5.78 Å². The van der Waals surface area contributed by atoms with Crippen molar-refractivity contribution in [1.82, 2.24) is 0 Å². The molecule has 2 heteroatoms. The van der Waals surface area contributed by atoms with Gasteiger partial charge in [-0.25, -0.2) is 0 Å². The predicted octanol–water partition coefficient (Wildman–Crippen LogP) is 5.71. The predicted molar refractivity (Wildman–Crippen MR) is 85.8 cm³/mol. The van der Waals surface area contributed by atoms with Crippen molar-refractivity contribution in [2.45, 2.75) is 54.4 Å². The van der Waals surface area contributed by atoms with Crippen LogP contribution in [0.3, 0.4) is 0 Å². The molecule has 0 fully saturated rings. The number of benzene rings is 1. The Balaban J connectivity index is 2.85. The normalized spacial score (nSPS) is 13.4. The van der Waals surface area contributed by atoms with Gasteiger partial charge in [0.1, 0.15) is 0 Å². The highest BCUT2D eigenvalue weighted by Crippen LogP contribution is 2.28. The van der Waals surface area contributed by atoms with Crippen LogP contribution in [0, 0.1) is 25.2 Å². The lowest BCUT2D eigenvalue weighted by Crippen LogP contribution is -2.15. The van der Waals surface area contributed by atoms with Crippen molar-refractivity contribution in [3.05, 3.63) is 33.3 Å². The highest BCUT2D eigenvalue weighted by Gasteiger charge is 2.20. The van der Waals surface area contributed by atoms with Gasteiger partial charge in [0.25, 0.3) is 0 Å². The first-order chi connectivity index (χ1) is 8.60. The lowest BCUT2D eigenvalue weighted by molar-refractivity contribution is 0.0953. The van der Waals surface area contributed by atoms with Crippen molar-refractivity contribution in [2.24, 2.45) is 11.3 Å². The van der Waals surface area contributed by atoms with Gasteiger partial charge in [0, 0.05) is 16.5 Å². The Bertz CT molecular complexity index is 446. The molecule has 0 bridgehead atoms. The number of halogens is 1. The summed E-state index contributed by atoms with van der Waals surface area (Å²) in [6, 6.07) is 4.04. The summed E-state index contributed by atoms with van der Waals surface area (Å²) in [6.45, 7) is 12.9. The molecule has 0 saturated carbocycles. The fraction of sp³-hybridized carbons (Fsp3) is 0.588. The molecule has 0 spiro atoms. The largest absolute Gasteiger partial charge is 0.294 e. The number of hydrogen-bond acceptors (Lipinski definition) is 1. The van der Waals surface area contributed by atoms with Crippen LogP contribution < -0.4 is 0 Å². The van der Waals surface area contributed by atoms with Gasteiger partial charge in [0.05, 0.1) is 0 Å². The van der Waals surface area contributed by atoms with E-state index in [1.165, 1.54) is 0 Å². The second kappa shape index (κ2) is 6.21. The highest BCUT2D eigenvalue weighted by molar-refractivity contribution is 9.10. The zero-order chi connectivity index (χ0) is 14.8. The Morgan fingerprint density at radius 2 is 1.68 bits per heavy atom. The topological polar surface area (TPSA) is 17.1 Å². The van der Waals surface area contributed by atoms with E-state index in [9.17, 15) is 4.79 Å². The zero-order valence-corrected chi connectivity index (χ0v) is 14.5. The first kappa shape index (κ1) is 16.4. The second-order valence-corrected chi connectivity index (χ2v) is 7.83. The molecule has 0 aliphatic carbocycles. The van der Waals surface area contributed by atoms with E-state index >= 15 is 0 Å². The van der Waals surface area contributed by atoms with Crippen LogP contribution in [-0.2, 0) is 0 Å². The quantitative estimate of drug-likeness (QED) is 0.648. The van der Waals surface area contributed by atoms with Crippen molar-refractivity contribution >= 4 is 21.7 Å². The minimum Gasteiger partial charge on any atom is -0.294 e. The fourth-order valence-electron chi connectivity index (χ4n) is 2.89. The number of rotatable bonds is 4. The molecule has 0 saturated heterocycles. The Hall–Kier alpha value is -0.630. The molecule has 1 unspecified atom stereocenters. The van der Waals surface area contributed by atoms with E-state index in [4.69, 9.17) is 0 Å². The Morgan fingerprint density at radius 1 is 1.21 bits per heavy atom. The molecule has 1 rings (SSSR count). The molecule has 1 nitrogen and oxygen atoms in total. The Kier molecular flexibility index (Phi) is 5.37. The van der Waals surface area contributed by atoms with Crippen LogP contribution in [0.25, 0.3) is 0 Å². The van der Waals surface area contributed by atoms with E-state index in [1.807, 2.05) is 26.0 Å². The molecule has 0 aliphatic heterocycles. The van der Waals surface area contributed by atoms with Crippen LogP contribution in [0.5, 0.6) is 0 Å². The smallest absolute Gasteiger partial charge is 0.163 e. The maximum atomic E-state index is 12.5. The van der Waals surface area contributed by atoms with Crippen LogP contribution in [-0.4, -0.2) is 5.78 Å². The van der Waals surface area contributed by atoms with Gasteiger partial charge in [-0.3, -0.25) is 4.79 Å². The molecule has 0 amide bonds. The molecule has 106 valence electrons. The van der Waals surface area contributed by atoms with Crippen LogP contribution in [0.2, 0.25) is 0 Å². The van der Waals surface area contributed by atoms with E-state index in [0.29, 0.717) is 12.3 Å². The fourth-order valence-corrected chi connectivity index (χ4v) is 3.57. The number of aryl methyl sites for hydroxylation is 2. The molecule has 1 aromatic carbocycles. The summed E-state index contributed by atoms with van der Waals surface area (Å²) in [5, 5.41) is 0. The highest BCUT2D eigenvalue weighted by atomic mass is 79.9. The van der Waals surface area contributed by atoms with E-state index in [-0.39, 0.29) is 11.2 Å². The minimum absolute atomic E-state index is 0.277. The van der Waals surface area contributed by atoms with Crippen LogP contribution in [0.15, 0.2) is 16.6 Å². The van der Waals surface area contributed by atoms with E-state index in [2.05, 4.69) is 43.6 Å². The van der Waals surface area contributed by atoms with Crippen LogP contribution in [0.4, 0.5) is 0 Å². The van der Waals surface area contributed by atoms with E-state index in [1.54, 1.807) is 0 Å². The van der Waals surface area contributed by atoms with E-state index < -0.39 is 0 Å². The summed E-state index contributed by atoms with van der Waals surface area (Å²) in [6.07, 6.45) is 1.72. The Labute approximate surface area is 125 Å². The van der Waals surface area contributed by atoms with Crippen molar-refractivity contribution in [1.29, 1.82) is 0 Å². The summed E-state index contributed by atoms with van der Waals surface area (Å²) in [5.74, 6) is 0.703. The number of Topliss-reactive ketones (excluding diaryl/α,β-unsaturated/α-hetero) is 1. The molecule has 0 aliphatic rings. The lowest BCUT2D eigenvalue weighted by Gasteiger charge is -2.23. The molecule has 0 radical (unpaired) electrons. The van der Waals surface area contributed by atoms with Crippen molar-refractivity contribution < 1.29 is 4.79 Å². The lowest BCUT2D eigenvalue weighted by atomic mass is 9.82. The van der Waals surface area contributed by atoms with Gasteiger partial charge >= 0.3 is 0 Å². The summed E-state index contributed by atoms with van der Waals surface area (Å²) >= 11 is 3.48. The molecule has 0 N–H and O–H groups in total. The molecular weight excluding hydrogens is 300 g/mol. The average Bonchev–Trinajstić information content (AvgIpc) is 2.10. The summed E-state index contributed by atoms with van der Waals surface area (Å²) in [5.41, 5.74) is 3.33. The number of ketones is 1. The third kappa shape index (κ3) is 5.10. The van der Waals surface area contributed by atoms with Gasteiger partial charge in [0.2, 0.25) is 0 Å². The third-order valence-electron chi connectivity index (χ3n) is 3.27. The molecule has 0 aromatic heterocycles. The van der Waals surface area contributed by atoms with Crippen molar-refractivity contribution in [3.63, 3.8) is 0 Å². The first-order valence-electron chi connectivity index (χ1n) is 6.90. The molecule has 1 atom stereocenters. The van der Waals surface area contributed by atoms with Gasteiger partial charge in [-0.05, 0) is 54.9 Å². The second-order valence-electron chi connectivity index (χ2n) is 6.91. The SMILES string of the molecule is Cc1cc(Br)cc(C)c1C(=O)CC(C)CC(C)(C)C. The zero-order valence-electron chi connectivity index (χ0n) is 12.9. The number of carbonyl (C=O) groups excluding carboxylic acids is 1. The summed E-state index contributed by atoms with van der Waals surface area (Å²) in [4.78, 5) is 12.5.